The molecule has 0 saturated carbocycles. The van der Waals surface area contributed by atoms with E-state index >= 15 is 0 Å². The number of pyridine rings is 1. The van der Waals surface area contributed by atoms with E-state index in [4.69, 9.17) is 10.6 Å². The summed E-state index contributed by atoms with van der Waals surface area (Å²) in [4.78, 5) is 9.38. The highest BCUT2D eigenvalue weighted by molar-refractivity contribution is 7.09. The van der Waals surface area contributed by atoms with E-state index in [0.717, 1.165) is 12.0 Å². The Morgan fingerprint density at radius 3 is 3.12 bits per heavy atom. The van der Waals surface area contributed by atoms with Gasteiger partial charge in [-0.2, -0.15) is 0 Å². The Balaban J connectivity index is 2.22. The van der Waals surface area contributed by atoms with Gasteiger partial charge in [0.1, 0.15) is 0 Å². The van der Waals surface area contributed by atoms with Gasteiger partial charge in [-0.15, -0.1) is 11.3 Å². The molecule has 90 valence electrons. The topological polar surface area (TPSA) is 73.1 Å². The Labute approximate surface area is 104 Å². The number of nitrogens with two attached hydrogens (primary N) is 1. The number of nitrogens with zero attached hydrogens (tertiary/aromatic N) is 2. The summed E-state index contributed by atoms with van der Waals surface area (Å²) in [7, 11) is 1.60. The van der Waals surface area contributed by atoms with Crippen LogP contribution >= 0.6 is 11.3 Å². The minimum atomic E-state index is -0.0286. The van der Waals surface area contributed by atoms with Gasteiger partial charge in [-0.1, -0.05) is 6.07 Å². The monoisotopic (exact) mass is 250 g/mol. The summed E-state index contributed by atoms with van der Waals surface area (Å²) in [6.45, 7) is 0. The lowest BCUT2D eigenvalue weighted by Crippen LogP contribution is -2.29. The fraction of sp³-hybridized carbons (Fsp3) is 0.273. The minimum Gasteiger partial charge on any atom is -0.481 e. The molecule has 0 aliphatic heterocycles. The predicted octanol–water partition coefficient (Wildman–Crippen LogP) is 1.29. The second-order valence-electron chi connectivity index (χ2n) is 3.49. The zero-order chi connectivity index (χ0) is 12.1. The van der Waals surface area contributed by atoms with Gasteiger partial charge in [-0.25, -0.2) is 4.98 Å². The summed E-state index contributed by atoms with van der Waals surface area (Å²) >= 11 is 1.61. The zero-order valence-corrected chi connectivity index (χ0v) is 10.3. The van der Waals surface area contributed by atoms with Crippen molar-refractivity contribution in [3.8, 4) is 5.88 Å². The molecular formula is C11H14N4OS. The molecule has 0 spiro atoms. The van der Waals surface area contributed by atoms with Crippen molar-refractivity contribution in [2.45, 2.75) is 12.5 Å². The molecule has 2 aromatic rings. The summed E-state index contributed by atoms with van der Waals surface area (Å²) in [6.07, 6.45) is 4.31. The van der Waals surface area contributed by atoms with Gasteiger partial charge in [0, 0.05) is 29.3 Å². The van der Waals surface area contributed by atoms with Crippen LogP contribution in [0.15, 0.2) is 30.0 Å². The van der Waals surface area contributed by atoms with E-state index in [0.29, 0.717) is 5.88 Å². The quantitative estimate of drug-likeness (QED) is 0.618. The molecule has 6 heteroatoms. The number of hydrogen-bond donors (Lipinski definition) is 2. The van der Waals surface area contributed by atoms with Crippen LogP contribution in [0.5, 0.6) is 5.88 Å². The highest BCUT2D eigenvalue weighted by Crippen LogP contribution is 2.25. The molecule has 0 saturated heterocycles. The number of ether oxygens (including phenoxy) is 1. The zero-order valence-electron chi connectivity index (χ0n) is 9.46. The van der Waals surface area contributed by atoms with E-state index in [1.807, 2.05) is 23.8 Å². The van der Waals surface area contributed by atoms with Crippen molar-refractivity contribution in [3.05, 3.63) is 40.5 Å². The van der Waals surface area contributed by atoms with Crippen LogP contribution in [-0.4, -0.2) is 17.1 Å². The van der Waals surface area contributed by atoms with E-state index < -0.39 is 0 Å². The molecule has 2 rings (SSSR count). The molecule has 3 N–H and O–H groups in total. The standard InChI is InChI=1S/C11H14N4OS/c1-16-11-9(3-2-4-14-11)10(15-12)5-8-6-13-7-17-8/h2-4,6-7,10,15H,5,12H2,1H3. The molecule has 1 atom stereocenters. The molecule has 17 heavy (non-hydrogen) atoms. The largest absolute Gasteiger partial charge is 0.481 e. The van der Waals surface area contributed by atoms with Gasteiger partial charge in [0.05, 0.1) is 18.7 Å². The molecule has 5 nitrogen and oxygen atoms in total. The van der Waals surface area contributed by atoms with Gasteiger partial charge in [0.15, 0.2) is 0 Å². The minimum absolute atomic E-state index is 0.0286. The Morgan fingerprint density at radius 1 is 1.59 bits per heavy atom. The van der Waals surface area contributed by atoms with Crippen molar-refractivity contribution in [1.82, 2.24) is 15.4 Å². The van der Waals surface area contributed by atoms with Gasteiger partial charge >= 0.3 is 0 Å². The lowest BCUT2D eigenvalue weighted by atomic mass is 10.1. The molecule has 0 aromatic carbocycles. The van der Waals surface area contributed by atoms with Crippen LogP contribution in [0.1, 0.15) is 16.5 Å². The third-order valence-corrected chi connectivity index (χ3v) is 3.26. The Bertz CT molecular complexity index is 460. The molecule has 0 aliphatic carbocycles. The highest BCUT2D eigenvalue weighted by Gasteiger charge is 2.16. The SMILES string of the molecule is COc1ncccc1C(Cc1cncs1)NN. The van der Waals surface area contributed by atoms with E-state index in [1.165, 1.54) is 4.88 Å². The first-order valence-corrected chi connectivity index (χ1v) is 6.05. The van der Waals surface area contributed by atoms with E-state index in [9.17, 15) is 0 Å². The molecule has 1 unspecified atom stereocenters. The maximum Gasteiger partial charge on any atom is 0.217 e. The summed E-state index contributed by atoms with van der Waals surface area (Å²) < 4.78 is 5.23. The van der Waals surface area contributed by atoms with Crippen molar-refractivity contribution < 1.29 is 4.74 Å². The third kappa shape index (κ3) is 2.79. The van der Waals surface area contributed by atoms with Crippen LogP contribution in [0, 0.1) is 0 Å². The van der Waals surface area contributed by atoms with Crippen LogP contribution in [0.3, 0.4) is 0 Å². The second kappa shape index (κ2) is 5.72. The van der Waals surface area contributed by atoms with Gasteiger partial charge in [0.2, 0.25) is 5.88 Å². The van der Waals surface area contributed by atoms with Crippen LogP contribution in [0.2, 0.25) is 0 Å². The van der Waals surface area contributed by atoms with Crippen LogP contribution in [0.4, 0.5) is 0 Å². The maximum atomic E-state index is 5.60. The fourth-order valence-electron chi connectivity index (χ4n) is 1.64. The summed E-state index contributed by atoms with van der Waals surface area (Å²) in [5, 5.41) is 0. The van der Waals surface area contributed by atoms with E-state index in [1.54, 1.807) is 24.6 Å². The predicted molar refractivity (Wildman–Crippen MR) is 66.7 cm³/mol. The van der Waals surface area contributed by atoms with Gasteiger partial charge in [-0.05, 0) is 6.07 Å². The lowest BCUT2D eigenvalue weighted by molar-refractivity contribution is 0.382. The molecule has 0 bridgehead atoms. The van der Waals surface area contributed by atoms with Gasteiger partial charge in [-0.3, -0.25) is 16.3 Å². The first kappa shape index (κ1) is 12.0. The number of methoxy groups -OCH3 is 1. The number of rotatable bonds is 5. The lowest BCUT2D eigenvalue weighted by Gasteiger charge is -2.17. The van der Waals surface area contributed by atoms with Crippen molar-refractivity contribution in [2.24, 2.45) is 5.84 Å². The van der Waals surface area contributed by atoms with Crippen molar-refractivity contribution >= 4 is 11.3 Å². The molecular weight excluding hydrogens is 236 g/mol. The summed E-state index contributed by atoms with van der Waals surface area (Å²) in [5.74, 6) is 6.19. The Hall–Kier alpha value is -1.50. The summed E-state index contributed by atoms with van der Waals surface area (Å²) in [6, 6.07) is 3.80. The van der Waals surface area contributed by atoms with Crippen molar-refractivity contribution in [2.75, 3.05) is 7.11 Å². The normalized spacial score (nSPS) is 12.4. The van der Waals surface area contributed by atoms with Crippen molar-refractivity contribution in [3.63, 3.8) is 0 Å². The molecule has 2 heterocycles. The van der Waals surface area contributed by atoms with Crippen LogP contribution in [-0.2, 0) is 6.42 Å². The third-order valence-electron chi connectivity index (χ3n) is 2.46. The second-order valence-corrected chi connectivity index (χ2v) is 4.46. The van der Waals surface area contributed by atoms with Gasteiger partial charge < -0.3 is 4.74 Å². The van der Waals surface area contributed by atoms with Gasteiger partial charge in [0.25, 0.3) is 0 Å². The number of nitrogens with one attached hydrogen (secondary N) is 1. The molecule has 0 amide bonds. The Kier molecular flexibility index (Phi) is 4.03. The van der Waals surface area contributed by atoms with Crippen LogP contribution in [0.25, 0.3) is 0 Å². The average molecular weight is 250 g/mol. The molecule has 0 radical (unpaired) electrons. The first-order chi connectivity index (χ1) is 8.35. The first-order valence-electron chi connectivity index (χ1n) is 5.17. The molecule has 0 aliphatic rings. The molecule has 2 aromatic heterocycles. The number of hydrogen-bond acceptors (Lipinski definition) is 6. The number of aromatic nitrogens is 2. The summed E-state index contributed by atoms with van der Waals surface area (Å²) in [5.41, 5.74) is 5.55. The number of thiazole rings is 1. The smallest absolute Gasteiger partial charge is 0.217 e. The Morgan fingerprint density at radius 2 is 2.47 bits per heavy atom. The fourth-order valence-corrected chi connectivity index (χ4v) is 2.28. The maximum absolute atomic E-state index is 5.60. The van der Waals surface area contributed by atoms with E-state index in [-0.39, 0.29) is 6.04 Å². The van der Waals surface area contributed by atoms with Crippen molar-refractivity contribution in [1.29, 1.82) is 0 Å². The molecule has 0 fully saturated rings. The highest BCUT2D eigenvalue weighted by atomic mass is 32.1. The average Bonchev–Trinajstić information content (AvgIpc) is 2.89. The van der Waals surface area contributed by atoms with Crippen LogP contribution < -0.4 is 16.0 Å². The number of hydrazine groups is 1. The van der Waals surface area contributed by atoms with E-state index in [2.05, 4.69) is 15.4 Å².